The molecule has 0 fully saturated rings. The first-order chi connectivity index (χ1) is 27.1. The van der Waals surface area contributed by atoms with Crippen LogP contribution in [0.15, 0.2) is 170 Å². The Balaban J connectivity index is 1.30. The first kappa shape index (κ1) is 34.1. The lowest BCUT2D eigenvalue weighted by atomic mass is 9.80. The molecule has 0 aliphatic rings. The third-order valence-electron chi connectivity index (χ3n) is 11.8. The van der Waals surface area contributed by atoms with Gasteiger partial charge in [-0.2, -0.15) is 0 Å². The van der Waals surface area contributed by atoms with Crippen LogP contribution in [-0.2, 0) is 10.8 Å². The monoisotopic (exact) mass is 722 g/mol. The van der Waals surface area contributed by atoms with Crippen LogP contribution < -0.4 is 4.90 Å². The second-order valence-corrected chi connectivity index (χ2v) is 17.4. The zero-order chi connectivity index (χ0) is 38.3. The molecule has 10 rings (SSSR count). The number of para-hydroxylation sites is 3. The molecule has 0 radical (unpaired) electrons. The summed E-state index contributed by atoms with van der Waals surface area (Å²) in [5.41, 5.74) is 12.1. The zero-order valence-corrected chi connectivity index (χ0v) is 33.1. The third-order valence-corrected chi connectivity index (χ3v) is 11.8. The lowest BCUT2D eigenvalue weighted by Gasteiger charge is -2.33. The summed E-state index contributed by atoms with van der Waals surface area (Å²) in [6, 6.07) is 63.3. The molecule has 0 aliphatic carbocycles. The molecule has 0 spiro atoms. The maximum absolute atomic E-state index is 2.53. The van der Waals surface area contributed by atoms with E-state index in [0.29, 0.717) is 0 Å². The molecule has 0 atom stereocenters. The second-order valence-electron chi connectivity index (χ2n) is 17.4. The van der Waals surface area contributed by atoms with Gasteiger partial charge in [0.25, 0.3) is 0 Å². The van der Waals surface area contributed by atoms with E-state index >= 15 is 0 Å². The third kappa shape index (κ3) is 5.39. The summed E-state index contributed by atoms with van der Waals surface area (Å²) in [6.45, 7) is 14.0. The molecule has 2 nitrogen and oxygen atoms in total. The van der Waals surface area contributed by atoms with E-state index in [4.69, 9.17) is 0 Å². The predicted molar refractivity (Wildman–Crippen MR) is 242 cm³/mol. The molecule has 56 heavy (non-hydrogen) atoms. The molecule has 0 N–H and O–H groups in total. The van der Waals surface area contributed by atoms with Crippen molar-refractivity contribution in [2.75, 3.05) is 4.90 Å². The van der Waals surface area contributed by atoms with Crippen molar-refractivity contribution in [3.05, 3.63) is 181 Å². The number of hydrogen-bond acceptors (Lipinski definition) is 1. The number of aromatic nitrogens is 1. The minimum absolute atomic E-state index is 0.0352. The Labute approximate surface area is 329 Å². The average molecular weight is 723 g/mol. The van der Waals surface area contributed by atoms with E-state index in [-0.39, 0.29) is 10.8 Å². The molecular weight excluding hydrogens is 677 g/mol. The summed E-state index contributed by atoms with van der Waals surface area (Å²) in [5.74, 6) is 0. The Morgan fingerprint density at radius 3 is 1.57 bits per heavy atom. The highest BCUT2D eigenvalue weighted by atomic mass is 15.1. The van der Waals surface area contributed by atoms with Crippen LogP contribution in [-0.4, -0.2) is 4.57 Å². The summed E-state index contributed by atoms with van der Waals surface area (Å²) in [7, 11) is 0. The SMILES string of the molecule is CC(C)(C)c1cc(N(c2ccccc2-c2ccccc2)c2ccc3ccc4c(-n5c6ccccc6c6ccccc65)ccc5ccc2c3c54)cc(C(C)(C)C)c1. The van der Waals surface area contributed by atoms with Crippen molar-refractivity contribution in [2.45, 2.75) is 52.4 Å². The number of fused-ring (bicyclic) bond motifs is 3. The van der Waals surface area contributed by atoms with Gasteiger partial charge in [0.05, 0.1) is 28.1 Å². The number of anilines is 3. The minimum Gasteiger partial charge on any atom is -0.309 e. The van der Waals surface area contributed by atoms with Gasteiger partial charge in [-0.05, 0) is 91.5 Å². The molecule has 1 heterocycles. The number of nitrogens with zero attached hydrogens (tertiary/aromatic N) is 2. The molecule has 0 bridgehead atoms. The van der Waals surface area contributed by atoms with E-state index in [1.807, 2.05) is 0 Å². The van der Waals surface area contributed by atoms with Crippen LogP contribution in [0.1, 0.15) is 52.7 Å². The van der Waals surface area contributed by atoms with Crippen molar-refractivity contribution in [1.82, 2.24) is 4.57 Å². The van der Waals surface area contributed by atoms with Crippen molar-refractivity contribution >= 4 is 71.2 Å². The highest BCUT2D eigenvalue weighted by molar-refractivity contribution is 6.27. The number of benzene rings is 9. The fraction of sp³-hybridized carbons (Fsp3) is 0.148. The molecule has 272 valence electrons. The first-order valence-corrected chi connectivity index (χ1v) is 19.9. The van der Waals surface area contributed by atoms with Crippen LogP contribution >= 0.6 is 0 Å². The first-order valence-electron chi connectivity index (χ1n) is 19.9. The van der Waals surface area contributed by atoms with E-state index in [2.05, 4.69) is 221 Å². The van der Waals surface area contributed by atoms with Gasteiger partial charge in [0.1, 0.15) is 0 Å². The van der Waals surface area contributed by atoms with Crippen LogP contribution in [0.4, 0.5) is 17.1 Å². The molecule has 0 saturated carbocycles. The highest BCUT2D eigenvalue weighted by Crippen LogP contribution is 2.48. The molecule has 1 aromatic heterocycles. The van der Waals surface area contributed by atoms with Crippen LogP contribution in [0.3, 0.4) is 0 Å². The highest BCUT2D eigenvalue weighted by Gasteiger charge is 2.26. The summed E-state index contributed by atoms with van der Waals surface area (Å²) < 4.78 is 2.46. The maximum atomic E-state index is 2.53. The van der Waals surface area contributed by atoms with Crippen molar-refractivity contribution in [3.63, 3.8) is 0 Å². The fourth-order valence-corrected chi connectivity index (χ4v) is 8.89. The molecule has 0 amide bonds. The Bertz CT molecular complexity index is 3010. The van der Waals surface area contributed by atoms with Gasteiger partial charge in [0.15, 0.2) is 0 Å². The van der Waals surface area contributed by atoms with E-state index < -0.39 is 0 Å². The van der Waals surface area contributed by atoms with Gasteiger partial charge in [-0.1, -0.05) is 169 Å². The van der Waals surface area contributed by atoms with Crippen molar-refractivity contribution in [1.29, 1.82) is 0 Å². The lowest BCUT2D eigenvalue weighted by molar-refractivity contribution is 0.569. The topological polar surface area (TPSA) is 8.17 Å². The van der Waals surface area contributed by atoms with Crippen LogP contribution in [0.5, 0.6) is 0 Å². The summed E-state index contributed by atoms with van der Waals surface area (Å²) >= 11 is 0. The Kier molecular flexibility index (Phi) is 7.67. The van der Waals surface area contributed by atoms with E-state index in [1.165, 1.54) is 93.4 Å². The van der Waals surface area contributed by atoms with Gasteiger partial charge >= 0.3 is 0 Å². The van der Waals surface area contributed by atoms with Crippen molar-refractivity contribution in [2.24, 2.45) is 0 Å². The fourth-order valence-electron chi connectivity index (χ4n) is 8.89. The van der Waals surface area contributed by atoms with E-state index in [1.54, 1.807) is 0 Å². The van der Waals surface area contributed by atoms with Crippen molar-refractivity contribution < 1.29 is 0 Å². The van der Waals surface area contributed by atoms with Crippen molar-refractivity contribution in [3.8, 4) is 16.8 Å². The predicted octanol–water partition coefficient (Wildman–Crippen LogP) is 15.4. The van der Waals surface area contributed by atoms with E-state index in [9.17, 15) is 0 Å². The molecule has 10 aromatic rings. The van der Waals surface area contributed by atoms with Crippen LogP contribution in [0.25, 0.3) is 70.9 Å². The van der Waals surface area contributed by atoms with E-state index in [0.717, 1.165) is 5.69 Å². The number of rotatable bonds is 5. The molecular formula is C54H46N2. The molecule has 0 unspecified atom stereocenters. The number of hydrogen-bond donors (Lipinski definition) is 0. The lowest BCUT2D eigenvalue weighted by Crippen LogP contribution is -2.19. The average Bonchev–Trinajstić information content (AvgIpc) is 3.54. The largest absolute Gasteiger partial charge is 0.309 e. The zero-order valence-electron chi connectivity index (χ0n) is 33.1. The standard InChI is InChI=1S/C54H46N2/c1-53(2,3)38-32-39(54(4,5)6)34-40(33-38)55(46-21-13-10-18-41(46)35-16-8-7-9-17-35)49-30-26-36-25-29-45-50(31-27-37-24-28-44(49)51(36)52(37)45)56-47-22-14-11-19-42(47)43-20-12-15-23-48(43)56/h7-34H,1-6H3. The quantitative estimate of drug-likeness (QED) is 0.161. The van der Waals surface area contributed by atoms with Crippen LogP contribution in [0, 0.1) is 0 Å². The van der Waals surface area contributed by atoms with Gasteiger partial charge in [0.2, 0.25) is 0 Å². The second kappa shape index (κ2) is 12.6. The van der Waals surface area contributed by atoms with Crippen LogP contribution in [0.2, 0.25) is 0 Å². The van der Waals surface area contributed by atoms with Gasteiger partial charge in [-0.25, -0.2) is 0 Å². The van der Waals surface area contributed by atoms with Gasteiger partial charge in [-0.3, -0.25) is 0 Å². The summed E-state index contributed by atoms with van der Waals surface area (Å²) in [4.78, 5) is 2.53. The Morgan fingerprint density at radius 2 is 0.929 bits per heavy atom. The normalized spacial score (nSPS) is 12.5. The summed E-state index contributed by atoms with van der Waals surface area (Å²) in [6.07, 6.45) is 0. The summed E-state index contributed by atoms with van der Waals surface area (Å²) in [5, 5.41) is 10.1. The smallest absolute Gasteiger partial charge is 0.0541 e. The molecule has 2 heteroatoms. The molecule has 0 saturated heterocycles. The van der Waals surface area contributed by atoms with Gasteiger partial charge in [-0.15, -0.1) is 0 Å². The Morgan fingerprint density at radius 1 is 0.411 bits per heavy atom. The Hall–Kier alpha value is -6.38. The maximum Gasteiger partial charge on any atom is 0.0541 e. The molecule has 9 aromatic carbocycles. The molecule has 0 aliphatic heterocycles. The minimum atomic E-state index is -0.0352. The van der Waals surface area contributed by atoms with Gasteiger partial charge < -0.3 is 9.47 Å². The van der Waals surface area contributed by atoms with Gasteiger partial charge in [0, 0.05) is 32.8 Å².